The van der Waals surface area contributed by atoms with Gasteiger partial charge in [0.1, 0.15) is 11.2 Å². The maximum Gasteiger partial charge on any atom is 0.306 e. The van der Waals surface area contributed by atoms with E-state index in [2.05, 4.69) is 47.5 Å². The fourth-order valence-electron chi connectivity index (χ4n) is 4.05. The molecule has 1 aliphatic heterocycles. The molecule has 0 N–H and O–H groups in total. The zero-order valence-corrected chi connectivity index (χ0v) is 16.9. The Morgan fingerprint density at radius 1 is 1.35 bits per heavy atom. The molecule has 0 amide bonds. The van der Waals surface area contributed by atoms with Gasteiger partial charge in [0.25, 0.3) is 0 Å². The number of aryl methyl sites for hydroxylation is 2. The molecule has 0 saturated carbocycles. The van der Waals surface area contributed by atoms with Crippen molar-refractivity contribution in [1.29, 1.82) is 0 Å². The van der Waals surface area contributed by atoms with Gasteiger partial charge in [0.05, 0.1) is 6.42 Å². The molecule has 2 aromatic heterocycles. The minimum Gasteiger partial charge on any atom is -0.460 e. The lowest BCUT2D eigenvalue weighted by Gasteiger charge is -2.38. The maximum absolute atomic E-state index is 12.3. The number of pyridine rings is 1. The van der Waals surface area contributed by atoms with Gasteiger partial charge in [0.15, 0.2) is 0 Å². The van der Waals surface area contributed by atoms with E-state index in [1.54, 1.807) is 0 Å². The summed E-state index contributed by atoms with van der Waals surface area (Å²) in [7, 11) is 2.05. The Hall–Kier alpha value is -2.04. The number of hydrogen-bond donors (Lipinski definition) is 0. The summed E-state index contributed by atoms with van der Waals surface area (Å²) in [6, 6.07) is 4.31. The van der Waals surface area contributed by atoms with Crippen molar-refractivity contribution in [2.75, 3.05) is 18.0 Å². The monoisotopic (exact) mass is 357 g/mol. The lowest BCUT2D eigenvalue weighted by molar-refractivity contribution is -0.156. The van der Waals surface area contributed by atoms with Crippen LogP contribution in [0.3, 0.4) is 0 Å². The van der Waals surface area contributed by atoms with E-state index in [4.69, 9.17) is 4.74 Å². The van der Waals surface area contributed by atoms with Crippen LogP contribution < -0.4 is 4.90 Å². The van der Waals surface area contributed by atoms with Gasteiger partial charge in [-0.1, -0.05) is 6.92 Å². The number of aromatic nitrogens is 2. The van der Waals surface area contributed by atoms with Gasteiger partial charge in [0, 0.05) is 43.1 Å². The molecule has 142 valence electrons. The van der Waals surface area contributed by atoms with Gasteiger partial charge in [-0.25, -0.2) is 4.98 Å². The fraction of sp³-hybridized carbons (Fsp3) is 0.619. The molecule has 26 heavy (non-hydrogen) atoms. The summed E-state index contributed by atoms with van der Waals surface area (Å²) in [4.78, 5) is 19.3. The Kier molecular flexibility index (Phi) is 5.00. The molecular formula is C21H31N3O2. The normalized spacial score (nSPS) is 21.2. The summed E-state index contributed by atoms with van der Waals surface area (Å²) in [6.07, 6.45) is 3.44. The van der Waals surface area contributed by atoms with Gasteiger partial charge < -0.3 is 14.2 Å². The van der Waals surface area contributed by atoms with E-state index in [0.717, 1.165) is 25.2 Å². The highest BCUT2D eigenvalue weighted by atomic mass is 16.6. The molecule has 1 aliphatic rings. The Balaban J connectivity index is 1.81. The van der Waals surface area contributed by atoms with Crippen molar-refractivity contribution in [1.82, 2.24) is 9.55 Å². The van der Waals surface area contributed by atoms with Crippen molar-refractivity contribution in [2.45, 2.75) is 53.1 Å². The van der Waals surface area contributed by atoms with Crippen LogP contribution in [0, 0.1) is 18.8 Å². The van der Waals surface area contributed by atoms with Crippen LogP contribution >= 0.6 is 0 Å². The quantitative estimate of drug-likeness (QED) is 0.777. The largest absolute Gasteiger partial charge is 0.460 e. The summed E-state index contributed by atoms with van der Waals surface area (Å²) in [5.74, 6) is 0.776. The van der Waals surface area contributed by atoms with E-state index in [0.29, 0.717) is 18.3 Å². The topological polar surface area (TPSA) is 47.4 Å². The van der Waals surface area contributed by atoms with Crippen LogP contribution in [0.5, 0.6) is 0 Å². The van der Waals surface area contributed by atoms with Gasteiger partial charge in [-0.3, -0.25) is 4.79 Å². The van der Waals surface area contributed by atoms with Crippen molar-refractivity contribution >= 4 is 22.7 Å². The first-order chi connectivity index (χ1) is 12.1. The molecule has 5 heteroatoms. The van der Waals surface area contributed by atoms with Crippen LogP contribution in [0.4, 0.5) is 5.69 Å². The second-order valence-corrected chi connectivity index (χ2v) is 8.81. The molecule has 0 bridgehead atoms. The number of rotatable bonds is 3. The lowest BCUT2D eigenvalue weighted by atomic mass is 9.87. The van der Waals surface area contributed by atoms with Gasteiger partial charge in [-0.15, -0.1) is 0 Å². The van der Waals surface area contributed by atoms with Crippen molar-refractivity contribution in [2.24, 2.45) is 18.9 Å². The van der Waals surface area contributed by atoms with Crippen LogP contribution in [-0.2, 0) is 16.6 Å². The van der Waals surface area contributed by atoms with E-state index >= 15 is 0 Å². The first kappa shape index (κ1) is 18.7. The van der Waals surface area contributed by atoms with Crippen LogP contribution in [0.15, 0.2) is 18.3 Å². The molecule has 0 radical (unpaired) electrons. The van der Waals surface area contributed by atoms with E-state index in [9.17, 15) is 4.79 Å². The summed E-state index contributed by atoms with van der Waals surface area (Å²) >= 11 is 0. The summed E-state index contributed by atoms with van der Waals surface area (Å²) < 4.78 is 7.66. The predicted octanol–water partition coefficient (Wildman–Crippen LogP) is 4.08. The Morgan fingerprint density at radius 2 is 2.08 bits per heavy atom. The highest BCUT2D eigenvalue weighted by molar-refractivity contribution is 5.91. The fourth-order valence-corrected chi connectivity index (χ4v) is 4.05. The predicted molar refractivity (Wildman–Crippen MR) is 105 cm³/mol. The number of anilines is 1. The number of carbonyl (C=O) groups excluding carboxylic acids is 1. The number of hydrogen-bond acceptors (Lipinski definition) is 4. The number of fused-ring (bicyclic) bond motifs is 1. The van der Waals surface area contributed by atoms with Crippen molar-refractivity contribution in [3.05, 3.63) is 24.0 Å². The summed E-state index contributed by atoms with van der Waals surface area (Å²) in [5.41, 5.74) is 3.02. The van der Waals surface area contributed by atoms with Crippen molar-refractivity contribution in [3.8, 4) is 0 Å². The highest BCUT2D eigenvalue weighted by Crippen LogP contribution is 2.33. The number of piperidine rings is 1. The van der Waals surface area contributed by atoms with Crippen LogP contribution in [0.25, 0.3) is 11.0 Å². The van der Waals surface area contributed by atoms with Crippen molar-refractivity contribution in [3.63, 3.8) is 0 Å². The third kappa shape index (κ3) is 4.02. The van der Waals surface area contributed by atoms with E-state index < -0.39 is 5.60 Å². The Morgan fingerprint density at radius 3 is 2.77 bits per heavy atom. The minimum atomic E-state index is -0.421. The molecule has 5 nitrogen and oxygen atoms in total. The zero-order chi connectivity index (χ0) is 19.1. The molecule has 1 saturated heterocycles. The first-order valence-corrected chi connectivity index (χ1v) is 9.52. The van der Waals surface area contributed by atoms with E-state index in [-0.39, 0.29) is 5.97 Å². The molecule has 1 fully saturated rings. The molecule has 3 rings (SSSR count). The standard InChI is InChI=1S/C21H31N3O2/c1-14-9-16(11-19(25)26-21(3,4)5)13-24(12-14)18-7-8-22-20-17(18)10-15(2)23(20)6/h7-8,10,14,16H,9,11-13H2,1-6H3/t14-,16-/m0/s1. The van der Waals surface area contributed by atoms with Gasteiger partial charge in [0.2, 0.25) is 0 Å². The average molecular weight is 357 g/mol. The minimum absolute atomic E-state index is 0.0908. The molecule has 3 heterocycles. The number of esters is 1. The Labute approximate surface area is 156 Å². The molecule has 2 aromatic rings. The smallest absolute Gasteiger partial charge is 0.306 e. The lowest BCUT2D eigenvalue weighted by Crippen LogP contribution is -2.41. The first-order valence-electron chi connectivity index (χ1n) is 9.52. The number of nitrogens with zero attached hydrogens (tertiary/aromatic N) is 3. The molecule has 0 spiro atoms. The highest BCUT2D eigenvalue weighted by Gasteiger charge is 2.29. The van der Waals surface area contributed by atoms with Crippen molar-refractivity contribution < 1.29 is 9.53 Å². The molecule has 0 aromatic carbocycles. The molecule has 0 aliphatic carbocycles. The molecular weight excluding hydrogens is 326 g/mol. The molecule has 2 atom stereocenters. The summed E-state index contributed by atoms with van der Waals surface area (Å²) in [6.45, 7) is 12.0. The van der Waals surface area contributed by atoms with Crippen LogP contribution in [-0.4, -0.2) is 34.2 Å². The van der Waals surface area contributed by atoms with Gasteiger partial charge in [-0.05, 0) is 58.1 Å². The molecule has 0 unspecified atom stereocenters. The van der Waals surface area contributed by atoms with E-state index in [1.165, 1.54) is 16.8 Å². The number of carbonyl (C=O) groups is 1. The third-order valence-corrected chi connectivity index (χ3v) is 5.11. The maximum atomic E-state index is 12.3. The second kappa shape index (κ2) is 6.93. The summed E-state index contributed by atoms with van der Waals surface area (Å²) in [5, 5.41) is 1.19. The number of ether oxygens (including phenoxy) is 1. The van der Waals surface area contributed by atoms with E-state index in [1.807, 2.05) is 27.0 Å². The van der Waals surface area contributed by atoms with Crippen LogP contribution in [0.1, 0.15) is 46.2 Å². The Bertz CT molecular complexity index is 803. The van der Waals surface area contributed by atoms with Crippen LogP contribution in [0.2, 0.25) is 0 Å². The average Bonchev–Trinajstić information content (AvgIpc) is 2.79. The zero-order valence-electron chi connectivity index (χ0n) is 16.9. The third-order valence-electron chi connectivity index (χ3n) is 5.11. The second-order valence-electron chi connectivity index (χ2n) is 8.81. The van der Waals surface area contributed by atoms with Gasteiger partial charge >= 0.3 is 5.97 Å². The van der Waals surface area contributed by atoms with Gasteiger partial charge in [-0.2, -0.15) is 0 Å². The SMILES string of the molecule is Cc1cc2c(N3C[C@@H](C)C[C@@H](CC(=O)OC(C)(C)C)C3)ccnc2n1C.